The fourth-order valence-corrected chi connectivity index (χ4v) is 7.55. The van der Waals surface area contributed by atoms with Crippen molar-refractivity contribution in [2.24, 2.45) is 22.7 Å². The molecule has 0 bridgehead atoms. The Bertz CT molecular complexity index is 1100. The van der Waals surface area contributed by atoms with Crippen molar-refractivity contribution in [3.8, 4) is 0 Å². The van der Waals surface area contributed by atoms with Gasteiger partial charge in [-0.3, -0.25) is 4.21 Å². The SMILES string of the molecule is CC1CS(=O)c2cc(C3=NC(C(O)O)CO3)c(Cl)cc2N(c2ccccc2)C[C@H]1C1CCCCC1. The first-order chi connectivity index (χ1) is 16.9. The van der Waals surface area contributed by atoms with Gasteiger partial charge in [-0.15, -0.1) is 0 Å². The second-order valence-electron chi connectivity index (χ2n) is 10.0. The Morgan fingerprint density at radius 1 is 1.14 bits per heavy atom. The fourth-order valence-electron chi connectivity index (χ4n) is 5.76. The molecule has 0 spiro atoms. The molecular weight excluding hydrogens is 484 g/mol. The van der Waals surface area contributed by atoms with Crippen LogP contribution in [0.2, 0.25) is 5.02 Å². The lowest BCUT2D eigenvalue weighted by Crippen LogP contribution is -2.38. The summed E-state index contributed by atoms with van der Waals surface area (Å²) in [6.45, 7) is 3.17. The van der Waals surface area contributed by atoms with Crippen molar-refractivity contribution in [2.45, 2.75) is 56.3 Å². The van der Waals surface area contributed by atoms with Crippen LogP contribution in [0.3, 0.4) is 0 Å². The van der Waals surface area contributed by atoms with Crippen LogP contribution < -0.4 is 4.90 Å². The van der Waals surface area contributed by atoms with Gasteiger partial charge in [-0.1, -0.05) is 68.8 Å². The Kier molecular flexibility index (Phi) is 7.49. The molecule has 3 aliphatic rings. The van der Waals surface area contributed by atoms with E-state index in [1.807, 2.05) is 30.3 Å². The predicted molar refractivity (Wildman–Crippen MR) is 140 cm³/mol. The monoisotopic (exact) mass is 516 g/mol. The molecule has 0 amide bonds. The topological polar surface area (TPSA) is 82.4 Å². The molecule has 3 unspecified atom stereocenters. The van der Waals surface area contributed by atoms with Crippen molar-refractivity contribution in [3.63, 3.8) is 0 Å². The molecule has 5 rings (SSSR count). The Labute approximate surface area is 214 Å². The molecule has 0 radical (unpaired) electrons. The molecule has 4 atom stereocenters. The van der Waals surface area contributed by atoms with Gasteiger partial charge in [0.05, 0.1) is 32.0 Å². The van der Waals surface area contributed by atoms with Gasteiger partial charge in [0.15, 0.2) is 6.29 Å². The van der Waals surface area contributed by atoms with Gasteiger partial charge in [-0.2, -0.15) is 0 Å². The Morgan fingerprint density at radius 2 is 1.89 bits per heavy atom. The van der Waals surface area contributed by atoms with Crippen LogP contribution in [0.1, 0.15) is 44.6 Å². The smallest absolute Gasteiger partial charge is 0.218 e. The van der Waals surface area contributed by atoms with Crippen molar-refractivity contribution < 1.29 is 19.2 Å². The van der Waals surface area contributed by atoms with Crippen molar-refractivity contribution in [2.75, 3.05) is 23.8 Å². The lowest BCUT2D eigenvalue weighted by molar-refractivity contribution is -0.0609. The summed E-state index contributed by atoms with van der Waals surface area (Å²) in [6.07, 6.45) is 4.75. The molecular formula is C27H33ClN2O4S. The minimum Gasteiger partial charge on any atom is -0.475 e. The number of benzene rings is 2. The summed E-state index contributed by atoms with van der Waals surface area (Å²) in [4.78, 5) is 7.29. The zero-order valence-corrected chi connectivity index (χ0v) is 21.5. The van der Waals surface area contributed by atoms with Crippen LogP contribution in [-0.4, -0.2) is 51.6 Å². The van der Waals surface area contributed by atoms with Gasteiger partial charge in [-0.05, 0) is 42.0 Å². The van der Waals surface area contributed by atoms with E-state index in [1.54, 1.807) is 0 Å². The number of anilines is 2. The molecule has 188 valence electrons. The number of hydrogen-bond donors (Lipinski definition) is 2. The molecule has 2 heterocycles. The number of halogens is 1. The van der Waals surface area contributed by atoms with Gasteiger partial charge < -0.3 is 19.8 Å². The third-order valence-corrected chi connectivity index (χ3v) is 9.65. The molecule has 2 N–H and O–H groups in total. The van der Waals surface area contributed by atoms with E-state index in [0.29, 0.717) is 39.0 Å². The van der Waals surface area contributed by atoms with E-state index in [0.717, 1.165) is 17.9 Å². The average molecular weight is 517 g/mol. The first-order valence-corrected chi connectivity index (χ1v) is 14.2. The summed E-state index contributed by atoms with van der Waals surface area (Å²) in [6, 6.07) is 13.2. The number of hydrogen-bond acceptors (Lipinski definition) is 6. The largest absolute Gasteiger partial charge is 0.475 e. The summed E-state index contributed by atoms with van der Waals surface area (Å²) in [5.74, 6) is 2.26. The van der Waals surface area contributed by atoms with E-state index < -0.39 is 23.1 Å². The van der Waals surface area contributed by atoms with Crippen molar-refractivity contribution in [3.05, 3.63) is 53.1 Å². The highest BCUT2D eigenvalue weighted by atomic mass is 35.5. The average Bonchev–Trinajstić information content (AvgIpc) is 3.35. The number of ether oxygens (including phenoxy) is 1. The van der Waals surface area contributed by atoms with Gasteiger partial charge >= 0.3 is 0 Å². The summed E-state index contributed by atoms with van der Waals surface area (Å²) in [5.41, 5.74) is 2.45. The standard InChI is InChI=1S/C27H33ClN2O4S/c1-17-16-35(33)25-12-20(26-29-23(15-34-26)27(31)32)22(28)13-24(25)30(19-10-6-3-7-11-19)14-21(17)18-8-4-2-5-9-18/h3,6-7,10-13,17-18,21,23,27,31-32H,2,4-5,8-9,14-16H2,1H3/t17?,21-,23?,35?/m1/s1. The maximum atomic E-state index is 13.8. The van der Waals surface area contributed by atoms with Gasteiger partial charge in [0, 0.05) is 18.0 Å². The van der Waals surface area contributed by atoms with Crippen LogP contribution in [0.15, 0.2) is 52.4 Å². The maximum Gasteiger partial charge on any atom is 0.218 e. The van der Waals surface area contributed by atoms with E-state index in [2.05, 4.69) is 28.9 Å². The number of rotatable bonds is 4. The second kappa shape index (κ2) is 10.6. The van der Waals surface area contributed by atoms with Gasteiger partial charge in [0.25, 0.3) is 0 Å². The minimum absolute atomic E-state index is 0.0692. The van der Waals surface area contributed by atoms with Crippen LogP contribution in [0, 0.1) is 17.8 Å². The first-order valence-electron chi connectivity index (χ1n) is 12.5. The highest BCUT2D eigenvalue weighted by Gasteiger charge is 2.36. The number of nitrogens with zero attached hydrogens (tertiary/aromatic N) is 2. The van der Waals surface area contributed by atoms with Crippen LogP contribution in [0.5, 0.6) is 0 Å². The number of aliphatic hydroxyl groups is 2. The van der Waals surface area contributed by atoms with E-state index in [9.17, 15) is 14.4 Å². The molecule has 0 aromatic heterocycles. The predicted octanol–water partition coefficient (Wildman–Crippen LogP) is 4.89. The lowest BCUT2D eigenvalue weighted by Gasteiger charge is -2.41. The normalized spacial score (nSPS) is 27.7. The Balaban J connectivity index is 1.59. The molecule has 1 aliphatic carbocycles. The van der Waals surface area contributed by atoms with E-state index in [1.165, 1.54) is 32.1 Å². The maximum absolute atomic E-state index is 13.8. The summed E-state index contributed by atoms with van der Waals surface area (Å²) >= 11 is 6.77. The first kappa shape index (κ1) is 24.8. The molecule has 8 heteroatoms. The van der Waals surface area contributed by atoms with Crippen LogP contribution in [0.4, 0.5) is 11.4 Å². The number of para-hydroxylation sites is 1. The third-order valence-electron chi connectivity index (χ3n) is 7.69. The van der Waals surface area contributed by atoms with Crippen LogP contribution >= 0.6 is 11.6 Å². The Morgan fingerprint density at radius 3 is 2.57 bits per heavy atom. The summed E-state index contributed by atoms with van der Waals surface area (Å²) < 4.78 is 19.4. The summed E-state index contributed by atoms with van der Waals surface area (Å²) in [5, 5.41) is 19.4. The highest BCUT2D eigenvalue weighted by molar-refractivity contribution is 7.85. The van der Waals surface area contributed by atoms with Crippen molar-refractivity contribution >= 4 is 39.7 Å². The zero-order valence-electron chi connectivity index (χ0n) is 20.0. The van der Waals surface area contributed by atoms with E-state index in [-0.39, 0.29) is 12.5 Å². The second-order valence-corrected chi connectivity index (χ2v) is 11.9. The summed E-state index contributed by atoms with van der Waals surface area (Å²) in [7, 11) is -1.24. The molecule has 2 aliphatic heterocycles. The van der Waals surface area contributed by atoms with Gasteiger partial charge in [0.2, 0.25) is 5.90 Å². The lowest BCUT2D eigenvalue weighted by atomic mass is 9.74. The molecule has 2 aromatic rings. The molecule has 35 heavy (non-hydrogen) atoms. The molecule has 2 aromatic carbocycles. The molecule has 1 fully saturated rings. The van der Waals surface area contributed by atoms with E-state index in [4.69, 9.17) is 16.3 Å². The molecule has 1 saturated carbocycles. The quantitative estimate of drug-likeness (QED) is 0.565. The number of aliphatic hydroxyl groups excluding tert-OH is 1. The Hall–Kier alpha value is -1.93. The zero-order chi connectivity index (χ0) is 24.5. The fraction of sp³-hybridized carbons (Fsp3) is 0.519. The van der Waals surface area contributed by atoms with Gasteiger partial charge in [-0.25, -0.2) is 4.99 Å². The van der Waals surface area contributed by atoms with Crippen molar-refractivity contribution in [1.82, 2.24) is 0 Å². The van der Waals surface area contributed by atoms with Crippen LogP contribution in [-0.2, 0) is 15.5 Å². The van der Waals surface area contributed by atoms with Crippen LogP contribution in [0.25, 0.3) is 0 Å². The number of fused-ring (bicyclic) bond motifs is 1. The van der Waals surface area contributed by atoms with Gasteiger partial charge in [0.1, 0.15) is 12.6 Å². The number of aliphatic imine (C=N–C) groups is 1. The highest BCUT2D eigenvalue weighted by Crippen LogP contribution is 2.43. The van der Waals surface area contributed by atoms with E-state index >= 15 is 0 Å². The molecule has 6 nitrogen and oxygen atoms in total. The van der Waals surface area contributed by atoms with Crippen molar-refractivity contribution in [1.29, 1.82) is 0 Å². The molecule has 0 saturated heterocycles. The minimum atomic E-state index is -1.60. The third kappa shape index (κ3) is 5.15.